The van der Waals surface area contributed by atoms with Gasteiger partial charge in [-0.25, -0.2) is 0 Å². The monoisotopic (exact) mass is 227 g/mol. The zero-order chi connectivity index (χ0) is 11.8. The molecule has 1 aliphatic heterocycles. The van der Waals surface area contributed by atoms with Crippen molar-refractivity contribution in [2.24, 2.45) is 5.92 Å². The number of Topliss-reactive ketones (excluding diaryl/α,β-unsaturated/α-hetero) is 1. The fourth-order valence-electron chi connectivity index (χ4n) is 2.11. The summed E-state index contributed by atoms with van der Waals surface area (Å²) in [4.78, 5) is 13.6. The number of unbranched alkanes of at least 4 members (excludes halogenated alkanes) is 1. The molecule has 16 heavy (non-hydrogen) atoms. The largest absolute Gasteiger partial charge is 0.380 e. The van der Waals surface area contributed by atoms with Crippen LogP contribution in [0.5, 0.6) is 0 Å². The van der Waals surface area contributed by atoms with Gasteiger partial charge < -0.3 is 9.64 Å². The zero-order valence-electron chi connectivity index (χ0n) is 10.7. The lowest BCUT2D eigenvalue weighted by atomic mass is 9.93. The van der Waals surface area contributed by atoms with Crippen LogP contribution in [0.1, 0.15) is 39.5 Å². The van der Waals surface area contributed by atoms with Gasteiger partial charge in [0.15, 0.2) is 0 Å². The summed E-state index contributed by atoms with van der Waals surface area (Å²) in [5, 5.41) is 0. The van der Waals surface area contributed by atoms with E-state index in [1.807, 2.05) is 0 Å². The molecule has 3 heteroatoms. The Morgan fingerprint density at radius 2 is 2.00 bits per heavy atom. The first-order valence-corrected chi connectivity index (χ1v) is 6.54. The topological polar surface area (TPSA) is 29.5 Å². The van der Waals surface area contributed by atoms with Crippen molar-refractivity contribution >= 4 is 5.78 Å². The van der Waals surface area contributed by atoms with Gasteiger partial charge in [0, 0.05) is 19.1 Å². The van der Waals surface area contributed by atoms with Crippen LogP contribution in [0.15, 0.2) is 0 Å². The molecule has 1 heterocycles. The Balaban J connectivity index is 2.02. The van der Waals surface area contributed by atoms with Crippen molar-refractivity contribution in [2.45, 2.75) is 39.5 Å². The lowest BCUT2D eigenvalue weighted by molar-refractivity contribution is -0.122. The summed E-state index contributed by atoms with van der Waals surface area (Å²) in [7, 11) is 0. The third-order valence-corrected chi connectivity index (χ3v) is 3.36. The summed E-state index contributed by atoms with van der Waals surface area (Å²) >= 11 is 0. The summed E-state index contributed by atoms with van der Waals surface area (Å²) < 4.78 is 5.54. The molecule has 0 atom stereocenters. The van der Waals surface area contributed by atoms with Crippen molar-refractivity contribution in [1.82, 2.24) is 4.90 Å². The van der Waals surface area contributed by atoms with E-state index in [4.69, 9.17) is 4.74 Å². The summed E-state index contributed by atoms with van der Waals surface area (Å²) in [5.74, 6) is 0.677. The molecule has 1 rings (SSSR count). The fourth-order valence-corrected chi connectivity index (χ4v) is 2.11. The number of ether oxygens (including phenoxy) is 1. The highest BCUT2D eigenvalue weighted by atomic mass is 16.5. The SMILES string of the molecule is CCCCOCCN1CCC(C(C)=O)CC1. The van der Waals surface area contributed by atoms with Crippen LogP contribution in [-0.4, -0.2) is 43.5 Å². The minimum atomic E-state index is 0.317. The van der Waals surface area contributed by atoms with Crippen LogP contribution in [0.2, 0.25) is 0 Å². The number of piperidine rings is 1. The first kappa shape index (κ1) is 13.7. The third-order valence-electron chi connectivity index (χ3n) is 3.36. The number of nitrogens with zero attached hydrogens (tertiary/aromatic N) is 1. The summed E-state index contributed by atoms with van der Waals surface area (Å²) in [6.07, 6.45) is 4.42. The van der Waals surface area contributed by atoms with Crippen molar-refractivity contribution in [3.8, 4) is 0 Å². The number of hydrogen-bond donors (Lipinski definition) is 0. The van der Waals surface area contributed by atoms with Gasteiger partial charge in [-0.1, -0.05) is 13.3 Å². The molecule has 0 aromatic carbocycles. The highest BCUT2D eigenvalue weighted by Crippen LogP contribution is 2.17. The Hall–Kier alpha value is -0.410. The van der Waals surface area contributed by atoms with E-state index in [2.05, 4.69) is 11.8 Å². The van der Waals surface area contributed by atoms with Gasteiger partial charge in [-0.15, -0.1) is 0 Å². The molecule has 0 spiro atoms. The molecule has 0 aliphatic carbocycles. The molecule has 94 valence electrons. The summed E-state index contributed by atoms with van der Waals surface area (Å²) in [5.41, 5.74) is 0. The molecule has 3 nitrogen and oxygen atoms in total. The first-order chi connectivity index (χ1) is 7.74. The molecule has 0 amide bonds. The average molecular weight is 227 g/mol. The van der Waals surface area contributed by atoms with Crippen molar-refractivity contribution in [1.29, 1.82) is 0 Å². The molecule has 1 aliphatic rings. The molecular weight excluding hydrogens is 202 g/mol. The third kappa shape index (κ3) is 5.08. The molecule has 0 aromatic heterocycles. The molecule has 0 saturated carbocycles. The van der Waals surface area contributed by atoms with E-state index in [0.717, 1.165) is 52.1 Å². The molecular formula is C13H25NO2. The second-order valence-electron chi connectivity index (χ2n) is 4.69. The lowest BCUT2D eigenvalue weighted by Crippen LogP contribution is -2.37. The van der Waals surface area contributed by atoms with Crippen LogP contribution >= 0.6 is 0 Å². The Labute approximate surface area is 99.1 Å². The van der Waals surface area contributed by atoms with E-state index in [0.29, 0.717) is 11.7 Å². The van der Waals surface area contributed by atoms with Gasteiger partial charge in [-0.2, -0.15) is 0 Å². The van der Waals surface area contributed by atoms with Gasteiger partial charge in [0.25, 0.3) is 0 Å². The van der Waals surface area contributed by atoms with Crippen molar-refractivity contribution in [3.05, 3.63) is 0 Å². The smallest absolute Gasteiger partial charge is 0.133 e. The van der Waals surface area contributed by atoms with E-state index >= 15 is 0 Å². The summed E-state index contributed by atoms with van der Waals surface area (Å²) in [6.45, 7) is 8.76. The van der Waals surface area contributed by atoms with Gasteiger partial charge in [0.05, 0.1) is 6.61 Å². The number of ketones is 1. The molecule has 0 N–H and O–H groups in total. The van der Waals surface area contributed by atoms with Gasteiger partial charge in [-0.3, -0.25) is 4.79 Å². The molecule has 0 bridgehead atoms. The van der Waals surface area contributed by atoms with Crippen molar-refractivity contribution in [3.63, 3.8) is 0 Å². The number of hydrogen-bond acceptors (Lipinski definition) is 3. The van der Waals surface area contributed by atoms with E-state index in [1.54, 1.807) is 6.92 Å². The second kappa shape index (κ2) is 7.80. The van der Waals surface area contributed by atoms with Crippen LogP contribution in [0, 0.1) is 5.92 Å². The van der Waals surface area contributed by atoms with E-state index in [1.165, 1.54) is 6.42 Å². The summed E-state index contributed by atoms with van der Waals surface area (Å²) in [6, 6.07) is 0. The number of carbonyl (C=O) groups excluding carboxylic acids is 1. The average Bonchev–Trinajstić information content (AvgIpc) is 2.29. The molecule has 1 fully saturated rings. The standard InChI is InChI=1S/C13H25NO2/c1-3-4-10-16-11-9-14-7-5-13(6-8-14)12(2)15/h13H,3-11H2,1-2H3. The van der Waals surface area contributed by atoms with Gasteiger partial charge in [0.1, 0.15) is 5.78 Å². The quantitative estimate of drug-likeness (QED) is 0.624. The second-order valence-corrected chi connectivity index (χ2v) is 4.69. The number of carbonyl (C=O) groups is 1. The first-order valence-electron chi connectivity index (χ1n) is 6.54. The normalized spacial score (nSPS) is 18.9. The minimum absolute atomic E-state index is 0.317. The lowest BCUT2D eigenvalue weighted by Gasteiger charge is -2.30. The Morgan fingerprint density at radius 1 is 1.31 bits per heavy atom. The van der Waals surface area contributed by atoms with Gasteiger partial charge in [-0.05, 0) is 39.3 Å². The Morgan fingerprint density at radius 3 is 2.56 bits per heavy atom. The minimum Gasteiger partial charge on any atom is -0.380 e. The number of rotatable bonds is 7. The van der Waals surface area contributed by atoms with Crippen LogP contribution in [-0.2, 0) is 9.53 Å². The van der Waals surface area contributed by atoms with E-state index in [9.17, 15) is 4.79 Å². The molecule has 0 radical (unpaired) electrons. The van der Waals surface area contributed by atoms with Gasteiger partial charge >= 0.3 is 0 Å². The molecule has 0 aromatic rings. The van der Waals surface area contributed by atoms with Crippen LogP contribution in [0.25, 0.3) is 0 Å². The van der Waals surface area contributed by atoms with Gasteiger partial charge in [0.2, 0.25) is 0 Å². The Bertz CT molecular complexity index is 198. The molecule has 0 unspecified atom stereocenters. The van der Waals surface area contributed by atoms with Crippen LogP contribution < -0.4 is 0 Å². The maximum atomic E-state index is 11.2. The predicted molar refractivity (Wildman–Crippen MR) is 65.6 cm³/mol. The van der Waals surface area contributed by atoms with Crippen LogP contribution in [0.4, 0.5) is 0 Å². The fraction of sp³-hybridized carbons (Fsp3) is 0.923. The maximum absolute atomic E-state index is 11.2. The highest BCUT2D eigenvalue weighted by molar-refractivity contribution is 5.78. The Kier molecular flexibility index (Phi) is 6.65. The predicted octanol–water partition coefficient (Wildman–Crippen LogP) is 2.10. The highest BCUT2D eigenvalue weighted by Gasteiger charge is 2.21. The maximum Gasteiger partial charge on any atom is 0.133 e. The van der Waals surface area contributed by atoms with E-state index < -0.39 is 0 Å². The van der Waals surface area contributed by atoms with Crippen molar-refractivity contribution in [2.75, 3.05) is 32.8 Å². The van der Waals surface area contributed by atoms with E-state index in [-0.39, 0.29) is 0 Å². The zero-order valence-corrected chi connectivity index (χ0v) is 10.7. The molecule has 1 saturated heterocycles. The van der Waals surface area contributed by atoms with Crippen molar-refractivity contribution < 1.29 is 9.53 Å². The van der Waals surface area contributed by atoms with Crippen LogP contribution in [0.3, 0.4) is 0 Å². The number of likely N-dealkylation sites (tertiary alicyclic amines) is 1.